The summed E-state index contributed by atoms with van der Waals surface area (Å²) in [4.78, 5) is 28.7. The first-order valence-electron chi connectivity index (χ1n) is 10.3. The molecule has 166 valence electrons. The number of fused-ring (bicyclic) bond motifs is 3. The lowest BCUT2D eigenvalue weighted by atomic mass is 9.83. The van der Waals surface area contributed by atoms with Crippen molar-refractivity contribution >= 4 is 22.7 Å². The number of carbonyl (C=O) groups is 2. The van der Waals surface area contributed by atoms with E-state index < -0.39 is 17.3 Å². The third-order valence-corrected chi connectivity index (χ3v) is 5.47. The number of hydrogen-bond donors (Lipinski definition) is 3. The molecule has 34 heavy (non-hydrogen) atoms. The second kappa shape index (κ2) is 8.22. The number of ketones is 2. The first kappa shape index (κ1) is 21.0. The molecule has 0 saturated heterocycles. The summed E-state index contributed by atoms with van der Waals surface area (Å²) in [5, 5.41) is 28.8. The Kier molecular flexibility index (Phi) is 5.07. The number of aromatic nitrogens is 1. The number of carbonyl (C=O) groups excluding carboxylic acids is 2. The number of oxazole rings is 1. The van der Waals surface area contributed by atoms with Crippen LogP contribution in [0.15, 0.2) is 89.3 Å². The molecule has 0 bridgehead atoms. The molecule has 3 N–H and O–H groups in total. The van der Waals surface area contributed by atoms with E-state index in [2.05, 4.69) is 4.98 Å². The molecule has 6 rings (SSSR count). The van der Waals surface area contributed by atoms with E-state index in [1.165, 1.54) is 18.2 Å². The van der Waals surface area contributed by atoms with Crippen molar-refractivity contribution in [3.8, 4) is 28.7 Å². The van der Waals surface area contributed by atoms with Gasteiger partial charge in [0.1, 0.15) is 11.3 Å². The second-order valence-corrected chi connectivity index (χ2v) is 7.56. The molecule has 7 nitrogen and oxygen atoms in total. The van der Waals surface area contributed by atoms with E-state index in [1.807, 2.05) is 30.3 Å². The molecular formula is C27H17NO6. The first-order chi connectivity index (χ1) is 16.5. The van der Waals surface area contributed by atoms with Crippen molar-refractivity contribution in [1.82, 2.24) is 4.98 Å². The third kappa shape index (κ3) is 3.45. The molecule has 5 aromatic rings. The van der Waals surface area contributed by atoms with Gasteiger partial charge in [-0.3, -0.25) is 9.59 Å². The summed E-state index contributed by atoms with van der Waals surface area (Å²) in [6.45, 7) is 0. The second-order valence-electron chi connectivity index (χ2n) is 7.56. The van der Waals surface area contributed by atoms with Crippen LogP contribution in [0.25, 0.3) is 22.6 Å². The number of rotatable bonds is 1. The largest absolute Gasteiger partial charge is 0.507 e. The average molecular weight is 451 g/mol. The maximum absolute atomic E-state index is 12.2. The molecule has 1 heterocycles. The van der Waals surface area contributed by atoms with E-state index in [0.29, 0.717) is 17.0 Å². The van der Waals surface area contributed by atoms with Gasteiger partial charge in [0.15, 0.2) is 28.6 Å². The van der Waals surface area contributed by atoms with Crippen molar-refractivity contribution in [2.75, 3.05) is 0 Å². The number of phenolic OH excluding ortho intramolecular Hbond substituents is 3. The summed E-state index contributed by atoms with van der Waals surface area (Å²) in [7, 11) is 0. The lowest BCUT2D eigenvalue weighted by Gasteiger charge is -2.18. The van der Waals surface area contributed by atoms with Crippen LogP contribution >= 0.6 is 0 Å². The van der Waals surface area contributed by atoms with Gasteiger partial charge < -0.3 is 19.7 Å². The van der Waals surface area contributed by atoms with Crippen molar-refractivity contribution in [2.45, 2.75) is 0 Å². The van der Waals surface area contributed by atoms with Crippen LogP contribution in [0.1, 0.15) is 31.8 Å². The summed E-state index contributed by atoms with van der Waals surface area (Å²) < 4.78 is 5.56. The maximum atomic E-state index is 12.2. The topological polar surface area (TPSA) is 121 Å². The number of phenols is 3. The van der Waals surface area contributed by atoms with Crippen LogP contribution < -0.4 is 0 Å². The lowest BCUT2D eigenvalue weighted by molar-refractivity contribution is 0.0976. The standard InChI is InChI=1S/C14H8O4.C13H9NO2/c15-10-6-5-9-11(14(10)18)13(17)8-4-2-1-3-7(8)12(9)16;15-11-7-3-1-5-9(11)13-14-10-6-2-4-8-12(10)16-13/h1-6,15,18H;1-8,15H. The predicted octanol–water partition coefficient (Wildman–Crippen LogP) is 5.07. The molecule has 1 aliphatic carbocycles. The Morgan fingerprint density at radius 3 is 1.91 bits per heavy atom. The van der Waals surface area contributed by atoms with Gasteiger partial charge in [-0.25, -0.2) is 4.98 Å². The fourth-order valence-corrected chi connectivity index (χ4v) is 3.80. The summed E-state index contributed by atoms with van der Waals surface area (Å²) in [5.74, 6) is -1.10. The zero-order valence-electron chi connectivity index (χ0n) is 17.6. The minimum absolute atomic E-state index is 0.119. The summed E-state index contributed by atoms with van der Waals surface area (Å²) in [5.41, 5.74) is 2.68. The van der Waals surface area contributed by atoms with Crippen LogP contribution in [0.4, 0.5) is 0 Å². The van der Waals surface area contributed by atoms with Crippen LogP contribution in [-0.4, -0.2) is 31.9 Å². The van der Waals surface area contributed by atoms with Crippen molar-refractivity contribution in [3.63, 3.8) is 0 Å². The van der Waals surface area contributed by atoms with E-state index in [9.17, 15) is 24.9 Å². The van der Waals surface area contributed by atoms with E-state index >= 15 is 0 Å². The van der Waals surface area contributed by atoms with Crippen molar-refractivity contribution < 1.29 is 29.3 Å². The fourth-order valence-electron chi connectivity index (χ4n) is 3.80. The molecule has 0 aliphatic heterocycles. The highest BCUT2D eigenvalue weighted by atomic mass is 16.3. The van der Waals surface area contributed by atoms with Gasteiger partial charge in [0, 0.05) is 16.7 Å². The monoisotopic (exact) mass is 451 g/mol. The van der Waals surface area contributed by atoms with Crippen LogP contribution in [-0.2, 0) is 0 Å². The zero-order chi connectivity index (χ0) is 23.8. The molecule has 4 aromatic carbocycles. The van der Waals surface area contributed by atoms with Gasteiger partial charge in [-0.1, -0.05) is 48.5 Å². The smallest absolute Gasteiger partial charge is 0.231 e. The van der Waals surface area contributed by atoms with Gasteiger partial charge >= 0.3 is 0 Å². The average Bonchev–Trinajstić information content (AvgIpc) is 3.29. The van der Waals surface area contributed by atoms with Crippen LogP contribution in [0.2, 0.25) is 0 Å². The summed E-state index contributed by atoms with van der Waals surface area (Å²) in [6.07, 6.45) is 0. The SMILES string of the molecule is O=C1c2ccccc2C(=O)c2c1ccc(O)c2O.Oc1ccccc1-c1nc2ccccc2o1. The van der Waals surface area contributed by atoms with Gasteiger partial charge in [0.05, 0.1) is 11.1 Å². The van der Waals surface area contributed by atoms with Crippen molar-refractivity contribution in [1.29, 1.82) is 0 Å². The lowest BCUT2D eigenvalue weighted by Crippen LogP contribution is -2.20. The normalized spacial score (nSPS) is 12.0. The summed E-state index contributed by atoms with van der Waals surface area (Å²) >= 11 is 0. The Balaban J connectivity index is 0.000000142. The number of para-hydroxylation sites is 3. The number of aromatic hydroxyl groups is 3. The van der Waals surface area contributed by atoms with Crippen LogP contribution in [0, 0.1) is 0 Å². The molecule has 0 amide bonds. The van der Waals surface area contributed by atoms with Gasteiger partial charge in [0.2, 0.25) is 5.89 Å². The van der Waals surface area contributed by atoms with E-state index in [1.54, 1.807) is 36.4 Å². The fraction of sp³-hybridized carbons (Fsp3) is 0. The van der Waals surface area contributed by atoms with Gasteiger partial charge in [-0.15, -0.1) is 0 Å². The van der Waals surface area contributed by atoms with Crippen molar-refractivity contribution in [2.24, 2.45) is 0 Å². The molecule has 7 heteroatoms. The molecule has 0 unspecified atom stereocenters. The molecule has 0 fully saturated rings. The molecule has 1 aromatic heterocycles. The number of nitrogens with zero attached hydrogens (tertiary/aromatic N) is 1. The van der Waals surface area contributed by atoms with E-state index in [-0.39, 0.29) is 28.2 Å². The minimum atomic E-state index is -0.541. The predicted molar refractivity (Wildman–Crippen MR) is 124 cm³/mol. The summed E-state index contributed by atoms with van der Waals surface area (Å²) in [6, 6.07) is 23.5. The van der Waals surface area contributed by atoms with Crippen molar-refractivity contribution in [3.05, 3.63) is 107 Å². The van der Waals surface area contributed by atoms with Gasteiger partial charge in [-0.2, -0.15) is 0 Å². The van der Waals surface area contributed by atoms with E-state index in [0.717, 1.165) is 11.1 Å². The molecule has 0 radical (unpaired) electrons. The zero-order valence-corrected chi connectivity index (χ0v) is 17.6. The minimum Gasteiger partial charge on any atom is -0.507 e. The molecule has 1 aliphatic rings. The molecular weight excluding hydrogens is 434 g/mol. The Hall–Kier alpha value is -4.91. The maximum Gasteiger partial charge on any atom is 0.231 e. The molecule has 0 spiro atoms. The first-order valence-corrected chi connectivity index (χ1v) is 10.3. The highest BCUT2D eigenvalue weighted by molar-refractivity contribution is 6.29. The Morgan fingerprint density at radius 1 is 0.588 bits per heavy atom. The number of hydrogen-bond acceptors (Lipinski definition) is 7. The third-order valence-electron chi connectivity index (χ3n) is 5.47. The Bertz CT molecular complexity index is 1550. The molecule has 0 atom stereocenters. The van der Waals surface area contributed by atoms with Gasteiger partial charge in [-0.05, 0) is 36.4 Å². The highest BCUT2D eigenvalue weighted by Crippen LogP contribution is 2.37. The van der Waals surface area contributed by atoms with Gasteiger partial charge in [0.25, 0.3) is 0 Å². The molecule has 0 saturated carbocycles. The van der Waals surface area contributed by atoms with Crippen LogP contribution in [0.3, 0.4) is 0 Å². The van der Waals surface area contributed by atoms with E-state index in [4.69, 9.17) is 4.42 Å². The Morgan fingerprint density at radius 2 is 1.21 bits per heavy atom. The number of benzene rings is 4. The highest BCUT2D eigenvalue weighted by Gasteiger charge is 2.32. The quantitative estimate of drug-likeness (QED) is 0.298. The Labute approximate surface area is 193 Å². The van der Waals surface area contributed by atoms with Crippen LogP contribution in [0.5, 0.6) is 17.2 Å².